The Labute approximate surface area is 292 Å². The van der Waals surface area contributed by atoms with Gasteiger partial charge in [-0.05, 0) is 48.5 Å². The molecule has 1 heterocycles. The van der Waals surface area contributed by atoms with Gasteiger partial charge in [0.2, 0.25) is 6.29 Å². The van der Waals surface area contributed by atoms with Gasteiger partial charge in [-0.15, -0.1) is 0 Å². The quantitative estimate of drug-likeness (QED) is 0.0764. The fourth-order valence-electron chi connectivity index (χ4n) is 4.86. The maximum atomic E-state index is 13.6. The first-order chi connectivity index (χ1) is 23.9. The summed E-state index contributed by atoms with van der Waals surface area (Å²) in [6.07, 6.45) is -7.44. The van der Waals surface area contributed by atoms with Crippen molar-refractivity contribution in [3.05, 3.63) is 144 Å². The summed E-state index contributed by atoms with van der Waals surface area (Å²) in [5.74, 6) is -3.14. The smallest absolute Gasteiger partial charge is 0.338 e. The van der Waals surface area contributed by atoms with Crippen LogP contribution in [0, 0.1) is 0 Å². The van der Waals surface area contributed by atoms with E-state index in [1.807, 2.05) is 0 Å². The summed E-state index contributed by atoms with van der Waals surface area (Å²) in [4.78, 5) is 53.6. The summed E-state index contributed by atoms with van der Waals surface area (Å²) in [7, 11) is 0.581. The summed E-state index contributed by atoms with van der Waals surface area (Å²) in [5, 5.41) is 0. The van der Waals surface area contributed by atoms with Gasteiger partial charge in [-0.2, -0.15) is 0 Å². The van der Waals surface area contributed by atoms with Gasteiger partial charge in [-0.3, -0.25) is 4.52 Å². The second-order valence-corrected chi connectivity index (χ2v) is 11.8. The first-order valence-corrected chi connectivity index (χ1v) is 16.2. The zero-order valence-electron chi connectivity index (χ0n) is 27.1. The van der Waals surface area contributed by atoms with E-state index < -0.39 is 69.8 Å². The molecule has 0 unspecified atom stereocenters. The fraction of sp³-hybridized carbons (Fsp3) is 0.222. The third-order valence-electron chi connectivity index (χ3n) is 7.23. The molecule has 1 aliphatic heterocycles. The van der Waals surface area contributed by atoms with Crippen molar-refractivity contribution in [2.24, 2.45) is 0 Å². The lowest BCUT2D eigenvalue weighted by molar-refractivity contribution is -0.277. The molecule has 3 radical (unpaired) electrons. The Morgan fingerprint density at radius 1 is 0.540 bits per heavy atom. The number of rotatable bonds is 13. The highest BCUT2D eigenvalue weighted by molar-refractivity contribution is 7.41. The topological polar surface area (TPSA) is 142 Å². The first-order valence-electron chi connectivity index (χ1n) is 15.1. The molecule has 4 aromatic rings. The molecule has 12 nitrogen and oxygen atoms in total. The molecule has 0 aromatic heterocycles. The molecule has 1 fully saturated rings. The van der Waals surface area contributed by atoms with E-state index in [1.165, 1.54) is 50.6 Å². The highest BCUT2D eigenvalue weighted by Crippen LogP contribution is 2.43. The molecular weight excluding hydrogens is 666 g/mol. The molecule has 4 aromatic carbocycles. The van der Waals surface area contributed by atoms with Crippen molar-refractivity contribution in [1.82, 2.24) is 0 Å². The molecule has 50 heavy (non-hydrogen) atoms. The van der Waals surface area contributed by atoms with E-state index in [1.54, 1.807) is 84.9 Å². The third kappa shape index (κ3) is 9.84. The minimum Gasteiger partial charge on any atom is -0.459 e. The molecule has 5 rings (SSSR count). The van der Waals surface area contributed by atoms with Crippen LogP contribution in [0.3, 0.4) is 0 Å². The van der Waals surface area contributed by atoms with E-state index in [0.29, 0.717) is 0 Å². The molecule has 0 spiro atoms. The summed E-state index contributed by atoms with van der Waals surface area (Å²) < 4.78 is 46.3. The number of ether oxygens (including phenoxy) is 5. The normalized spacial score (nSPS) is 19.8. The first kappa shape index (κ1) is 37.9. The molecule has 14 heteroatoms. The second-order valence-electron chi connectivity index (χ2n) is 10.4. The Morgan fingerprint density at radius 2 is 0.900 bits per heavy atom. The van der Waals surface area contributed by atoms with Gasteiger partial charge in [0, 0.05) is 22.6 Å². The average Bonchev–Trinajstić information content (AvgIpc) is 3.16. The van der Waals surface area contributed by atoms with Crippen molar-refractivity contribution in [2.45, 2.75) is 30.7 Å². The van der Waals surface area contributed by atoms with E-state index in [2.05, 4.69) is 0 Å². The van der Waals surface area contributed by atoms with Crippen LogP contribution in [0.25, 0.3) is 0 Å². The minimum absolute atomic E-state index is 0. The lowest BCUT2D eigenvalue weighted by atomic mass is 9.97. The largest absolute Gasteiger partial charge is 0.459 e. The van der Waals surface area contributed by atoms with E-state index in [-0.39, 0.29) is 30.7 Å². The Hall–Kier alpha value is -4.91. The zero-order chi connectivity index (χ0) is 34.6. The monoisotopic (exact) mass is 699 g/mol. The minimum atomic E-state index is -2.08. The van der Waals surface area contributed by atoms with Crippen molar-refractivity contribution in [1.29, 1.82) is 0 Å². The van der Waals surface area contributed by atoms with Crippen LogP contribution in [-0.2, 0) is 37.3 Å². The molecule has 0 bridgehead atoms. The molecule has 1 saturated heterocycles. The van der Waals surface area contributed by atoms with Crippen molar-refractivity contribution in [2.75, 3.05) is 20.8 Å². The van der Waals surface area contributed by atoms with Gasteiger partial charge in [-0.1, -0.05) is 72.8 Å². The van der Waals surface area contributed by atoms with Crippen LogP contribution in [0.1, 0.15) is 41.4 Å². The summed E-state index contributed by atoms with van der Waals surface area (Å²) >= 11 is 0. The third-order valence-corrected chi connectivity index (χ3v) is 8.20. The van der Waals surface area contributed by atoms with Crippen LogP contribution < -0.4 is 0 Å². The van der Waals surface area contributed by atoms with Gasteiger partial charge in [-0.25, -0.2) is 19.2 Å². The van der Waals surface area contributed by atoms with Crippen LogP contribution in [0.4, 0.5) is 0 Å². The van der Waals surface area contributed by atoms with Crippen LogP contribution in [-0.4, -0.2) is 83.8 Å². The Balaban J connectivity index is 0.00000562. The molecule has 0 N–H and O–H groups in total. The van der Waals surface area contributed by atoms with Crippen LogP contribution in [0.2, 0.25) is 0 Å². The SMILES string of the molecule is COP(OC)O[C@H]1O[C@H](COC(=O)c2ccccc2)[C@@H](OC(=O)c2ccccc2)[C@H](OC(=O)c2ccccc2)[C@@H]1OC(=O)c1ccccc1.[B]. The van der Waals surface area contributed by atoms with Crippen LogP contribution in [0.5, 0.6) is 0 Å². The molecule has 0 aliphatic carbocycles. The van der Waals surface area contributed by atoms with Gasteiger partial charge in [0.1, 0.15) is 12.7 Å². The lowest BCUT2D eigenvalue weighted by Crippen LogP contribution is -2.63. The van der Waals surface area contributed by atoms with Gasteiger partial charge < -0.3 is 32.7 Å². The Morgan fingerprint density at radius 3 is 1.30 bits per heavy atom. The Kier molecular flexibility index (Phi) is 14.2. The average molecular weight is 699 g/mol. The van der Waals surface area contributed by atoms with Crippen LogP contribution >= 0.6 is 8.60 Å². The molecule has 5 atom stereocenters. The zero-order valence-corrected chi connectivity index (χ0v) is 28.0. The van der Waals surface area contributed by atoms with Crippen LogP contribution in [0.15, 0.2) is 121 Å². The molecular formula is C36H33BO12P. The number of hydrogen-bond donors (Lipinski definition) is 0. The second kappa shape index (κ2) is 18.7. The molecule has 0 saturated carbocycles. The van der Waals surface area contributed by atoms with E-state index in [9.17, 15) is 19.2 Å². The number of carbonyl (C=O) groups is 4. The van der Waals surface area contributed by atoms with Crippen molar-refractivity contribution >= 4 is 40.9 Å². The highest BCUT2D eigenvalue weighted by atomic mass is 31.2. The Bertz CT molecular complexity index is 1680. The number of esters is 4. The van der Waals surface area contributed by atoms with Gasteiger partial charge in [0.25, 0.3) is 0 Å². The number of hydrogen-bond acceptors (Lipinski definition) is 12. The predicted molar refractivity (Wildman–Crippen MR) is 180 cm³/mol. The van der Waals surface area contributed by atoms with Crippen molar-refractivity contribution in [3.63, 3.8) is 0 Å². The number of benzene rings is 4. The summed E-state index contributed by atoms with van der Waals surface area (Å²) in [6, 6.07) is 32.4. The summed E-state index contributed by atoms with van der Waals surface area (Å²) in [5.41, 5.74) is 0.768. The molecule has 1 aliphatic rings. The van der Waals surface area contributed by atoms with Crippen molar-refractivity contribution < 1.29 is 56.4 Å². The van der Waals surface area contributed by atoms with Gasteiger partial charge >= 0.3 is 32.5 Å². The maximum absolute atomic E-state index is 13.6. The van der Waals surface area contributed by atoms with Gasteiger partial charge in [0.15, 0.2) is 18.3 Å². The standard InChI is InChI=1S/C36H33O12P.B/c1-41-49(42-2)48-36-31(47-35(40)27-21-13-6-14-22-27)30(46-34(39)26-19-11-5-12-20-26)29(45-33(38)25-17-9-4-10-18-25)28(44-36)23-43-32(37)24-15-7-3-8-16-24;/h3-22,28-31,36H,23H2,1-2H3;/t28-,29-,30+,31+,36-;/m1./s1. The van der Waals surface area contributed by atoms with Gasteiger partial charge in [0.05, 0.1) is 22.3 Å². The molecule has 0 amide bonds. The highest BCUT2D eigenvalue weighted by Gasteiger charge is 2.54. The number of carbonyl (C=O) groups excluding carboxylic acids is 4. The predicted octanol–water partition coefficient (Wildman–Crippen LogP) is 5.40. The fourth-order valence-corrected chi connectivity index (χ4v) is 5.52. The van der Waals surface area contributed by atoms with E-state index in [0.717, 1.165) is 0 Å². The van der Waals surface area contributed by atoms with Crippen molar-refractivity contribution in [3.8, 4) is 0 Å². The van der Waals surface area contributed by atoms with E-state index in [4.69, 9.17) is 37.3 Å². The van der Waals surface area contributed by atoms with E-state index >= 15 is 0 Å². The summed E-state index contributed by atoms with van der Waals surface area (Å²) in [6.45, 7) is -0.489. The lowest BCUT2D eigenvalue weighted by Gasteiger charge is -2.44. The molecule has 257 valence electrons. The maximum Gasteiger partial charge on any atom is 0.338 e.